The minimum absolute atomic E-state index is 0.0462. The van der Waals surface area contributed by atoms with Crippen LogP contribution < -0.4 is 0 Å². The third-order valence-corrected chi connectivity index (χ3v) is 2.23. The van der Waals surface area contributed by atoms with Gasteiger partial charge in [0.2, 0.25) is 0 Å². The number of ketones is 1. The number of carbonyl (C=O) groups excluding carboxylic acids is 1. The molecule has 0 aromatic heterocycles. The summed E-state index contributed by atoms with van der Waals surface area (Å²) in [5.74, 6) is -0.456. The molecule has 1 aromatic carbocycles. The lowest BCUT2D eigenvalue weighted by molar-refractivity contribution is 0.0999. The van der Waals surface area contributed by atoms with Gasteiger partial charge in [-0.15, -0.1) is 0 Å². The number of nitrogens with zero attached hydrogens (tertiary/aromatic N) is 1. The molecule has 0 saturated carbocycles. The number of aryl methyl sites for hydroxylation is 1. The number of benzene rings is 1. The highest BCUT2D eigenvalue weighted by Gasteiger charge is 2.20. The molecule has 0 N–H and O–H groups in total. The van der Waals surface area contributed by atoms with Crippen LogP contribution in [0.3, 0.4) is 0 Å². The normalized spacial score (nSPS) is 15.1. The lowest BCUT2D eigenvalue weighted by Crippen LogP contribution is -2.11. The lowest BCUT2D eigenvalue weighted by atomic mass is 9.98. The Hall–Kier alpha value is -1.51. The Morgan fingerprint density at radius 2 is 2.07 bits per heavy atom. The van der Waals surface area contributed by atoms with E-state index in [0.717, 1.165) is 5.56 Å². The van der Waals surface area contributed by atoms with Gasteiger partial charge in [0.15, 0.2) is 5.78 Å². The van der Waals surface area contributed by atoms with Crippen molar-refractivity contribution in [2.45, 2.75) is 20.3 Å². The van der Waals surface area contributed by atoms with Gasteiger partial charge in [-0.1, -0.05) is 0 Å². The zero-order valence-electron chi connectivity index (χ0n) is 8.10. The average molecular weight is 191 g/mol. The molecular formula is C11H10FNO. The van der Waals surface area contributed by atoms with Gasteiger partial charge in [0.05, 0.1) is 0 Å². The molecule has 0 spiro atoms. The largest absolute Gasteiger partial charge is 0.294 e. The van der Waals surface area contributed by atoms with Crippen molar-refractivity contribution in [2.24, 2.45) is 4.99 Å². The summed E-state index contributed by atoms with van der Waals surface area (Å²) < 4.78 is 13.4. The van der Waals surface area contributed by atoms with Crippen LogP contribution in [0.25, 0.3) is 0 Å². The summed E-state index contributed by atoms with van der Waals surface area (Å²) in [6.45, 7) is 3.50. The van der Waals surface area contributed by atoms with E-state index in [1.54, 1.807) is 19.9 Å². The Kier molecular flexibility index (Phi) is 1.95. The molecule has 0 aliphatic carbocycles. The molecule has 0 fully saturated rings. The molecule has 14 heavy (non-hydrogen) atoms. The first-order valence-corrected chi connectivity index (χ1v) is 4.45. The number of fused-ring (bicyclic) bond motifs is 1. The summed E-state index contributed by atoms with van der Waals surface area (Å²) in [5, 5.41) is 0. The van der Waals surface area contributed by atoms with E-state index >= 15 is 0 Å². The molecule has 0 amide bonds. The summed E-state index contributed by atoms with van der Waals surface area (Å²) in [5.41, 5.74) is 2.03. The van der Waals surface area contributed by atoms with Crippen molar-refractivity contribution >= 4 is 17.2 Å². The quantitative estimate of drug-likeness (QED) is 0.620. The molecule has 3 heteroatoms. The van der Waals surface area contributed by atoms with Gasteiger partial charge in [-0.25, -0.2) is 4.39 Å². The van der Waals surface area contributed by atoms with Crippen LogP contribution in [0.1, 0.15) is 29.3 Å². The number of halogens is 1. The van der Waals surface area contributed by atoms with Crippen LogP contribution in [0.2, 0.25) is 0 Å². The number of carbonyl (C=O) groups is 1. The first-order chi connectivity index (χ1) is 6.58. The van der Waals surface area contributed by atoms with Crippen molar-refractivity contribution < 1.29 is 9.18 Å². The molecule has 0 bridgehead atoms. The van der Waals surface area contributed by atoms with Gasteiger partial charge in [0, 0.05) is 17.7 Å². The van der Waals surface area contributed by atoms with Gasteiger partial charge in [0.25, 0.3) is 0 Å². The topological polar surface area (TPSA) is 29.4 Å². The van der Waals surface area contributed by atoms with Crippen molar-refractivity contribution in [1.29, 1.82) is 0 Å². The molecule has 1 aromatic rings. The van der Waals surface area contributed by atoms with Crippen molar-refractivity contribution in [3.05, 3.63) is 29.1 Å². The lowest BCUT2D eigenvalue weighted by Gasteiger charge is -2.13. The molecule has 1 aliphatic rings. The van der Waals surface area contributed by atoms with E-state index in [2.05, 4.69) is 4.99 Å². The maximum absolute atomic E-state index is 13.4. The third-order valence-electron chi connectivity index (χ3n) is 2.23. The highest BCUT2D eigenvalue weighted by atomic mass is 19.1. The summed E-state index contributed by atoms with van der Waals surface area (Å²) in [7, 11) is 0. The first-order valence-electron chi connectivity index (χ1n) is 4.45. The number of rotatable bonds is 0. The highest BCUT2D eigenvalue weighted by Crippen LogP contribution is 2.29. The van der Waals surface area contributed by atoms with E-state index in [4.69, 9.17) is 0 Å². The van der Waals surface area contributed by atoms with E-state index in [9.17, 15) is 9.18 Å². The Morgan fingerprint density at radius 3 is 2.79 bits per heavy atom. The molecular weight excluding hydrogens is 181 g/mol. The molecule has 0 unspecified atom stereocenters. The summed E-state index contributed by atoms with van der Waals surface area (Å²) in [4.78, 5) is 15.6. The predicted molar refractivity (Wildman–Crippen MR) is 52.9 cm³/mol. The number of hydrogen-bond acceptors (Lipinski definition) is 2. The molecule has 0 saturated heterocycles. The monoisotopic (exact) mass is 191 g/mol. The van der Waals surface area contributed by atoms with Crippen molar-refractivity contribution in [3.8, 4) is 0 Å². The van der Waals surface area contributed by atoms with Gasteiger partial charge in [0.1, 0.15) is 11.5 Å². The zero-order chi connectivity index (χ0) is 10.3. The third kappa shape index (κ3) is 1.35. The van der Waals surface area contributed by atoms with Gasteiger partial charge in [-0.2, -0.15) is 0 Å². The Balaban J connectivity index is 2.72. The average Bonchev–Trinajstić information content (AvgIpc) is 2.07. The molecule has 1 aliphatic heterocycles. The molecule has 72 valence electrons. The minimum atomic E-state index is -0.410. The molecule has 1 heterocycles. The van der Waals surface area contributed by atoms with Crippen LogP contribution in [-0.2, 0) is 0 Å². The van der Waals surface area contributed by atoms with Crippen molar-refractivity contribution in [3.63, 3.8) is 0 Å². The van der Waals surface area contributed by atoms with Crippen LogP contribution in [0.15, 0.2) is 17.1 Å². The highest BCUT2D eigenvalue weighted by molar-refractivity contribution is 6.15. The number of hydrogen-bond donors (Lipinski definition) is 0. The standard InChI is InChI=1S/C11H10FNO/c1-6-3-8-10(14)5-7(2)13-11(8)9(12)4-6/h3-4H,5H2,1-2H3. The van der Waals surface area contributed by atoms with Crippen LogP contribution in [0.5, 0.6) is 0 Å². The predicted octanol–water partition coefficient (Wildman–Crippen LogP) is 2.81. The second-order valence-electron chi connectivity index (χ2n) is 3.59. The Bertz CT molecular complexity index is 449. The number of aliphatic imine (C=N–C) groups is 1. The van der Waals surface area contributed by atoms with Gasteiger partial charge < -0.3 is 0 Å². The zero-order valence-corrected chi connectivity index (χ0v) is 8.10. The maximum Gasteiger partial charge on any atom is 0.170 e. The van der Waals surface area contributed by atoms with E-state index in [-0.39, 0.29) is 11.5 Å². The van der Waals surface area contributed by atoms with Crippen LogP contribution in [0.4, 0.5) is 10.1 Å². The van der Waals surface area contributed by atoms with Gasteiger partial charge >= 0.3 is 0 Å². The fourth-order valence-electron chi connectivity index (χ4n) is 1.62. The Labute approximate surface area is 81.5 Å². The van der Waals surface area contributed by atoms with E-state index < -0.39 is 5.82 Å². The molecule has 2 nitrogen and oxygen atoms in total. The van der Waals surface area contributed by atoms with E-state index in [0.29, 0.717) is 17.7 Å². The van der Waals surface area contributed by atoms with Crippen LogP contribution in [0, 0.1) is 12.7 Å². The van der Waals surface area contributed by atoms with Crippen LogP contribution >= 0.6 is 0 Å². The minimum Gasteiger partial charge on any atom is -0.294 e. The van der Waals surface area contributed by atoms with E-state index in [1.807, 2.05) is 0 Å². The van der Waals surface area contributed by atoms with Gasteiger partial charge in [-0.3, -0.25) is 9.79 Å². The summed E-state index contributed by atoms with van der Waals surface area (Å²) in [6.07, 6.45) is 0.301. The fraction of sp³-hybridized carbons (Fsp3) is 0.273. The maximum atomic E-state index is 13.4. The summed E-state index contributed by atoms with van der Waals surface area (Å²) >= 11 is 0. The molecule has 0 atom stereocenters. The van der Waals surface area contributed by atoms with Crippen LogP contribution in [-0.4, -0.2) is 11.5 Å². The second-order valence-corrected chi connectivity index (χ2v) is 3.59. The SMILES string of the molecule is CC1=Nc2c(F)cc(C)cc2C(=O)C1. The van der Waals surface area contributed by atoms with E-state index in [1.165, 1.54) is 6.07 Å². The fourth-order valence-corrected chi connectivity index (χ4v) is 1.62. The van der Waals surface area contributed by atoms with Gasteiger partial charge in [-0.05, 0) is 31.5 Å². The molecule has 0 radical (unpaired) electrons. The van der Waals surface area contributed by atoms with Crippen molar-refractivity contribution in [1.82, 2.24) is 0 Å². The first kappa shape index (κ1) is 9.06. The number of Topliss-reactive ketones (excluding diaryl/α,β-unsaturated/α-hetero) is 1. The molecule has 2 rings (SSSR count). The smallest absolute Gasteiger partial charge is 0.170 e. The summed E-state index contributed by atoms with van der Waals surface area (Å²) in [6, 6.07) is 3.09. The van der Waals surface area contributed by atoms with Crippen molar-refractivity contribution in [2.75, 3.05) is 0 Å². The second kappa shape index (κ2) is 3.01. The Morgan fingerprint density at radius 1 is 1.36 bits per heavy atom.